The van der Waals surface area contributed by atoms with Crippen LogP contribution in [0.4, 0.5) is 0 Å². The maximum atomic E-state index is 8.60. The van der Waals surface area contributed by atoms with Crippen molar-refractivity contribution in [2.45, 2.75) is 52.0 Å². The largest absolute Gasteiger partial charge is 0.0865 e. The van der Waals surface area contributed by atoms with Gasteiger partial charge in [-0.05, 0) is 42.5 Å². The van der Waals surface area contributed by atoms with Gasteiger partial charge in [0.25, 0.3) is 0 Å². The van der Waals surface area contributed by atoms with Crippen molar-refractivity contribution in [2.75, 3.05) is 4.43 Å². The lowest BCUT2D eigenvalue weighted by molar-refractivity contribution is 0.144. The average Bonchev–Trinajstić information content (AvgIpc) is 2.17. The van der Waals surface area contributed by atoms with Crippen LogP contribution in [-0.2, 0) is 0 Å². The monoisotopic (exact) mass is 321 g/mol. The first kappa shape index (κ1) is 13.1. The van der Waals surface area contributed by atoms with Crippen molar-refractivity contribution >= 4 is 22.6 Å². The van der Waals surface area contributed by atoms with E-state index >= 15 is 0 Å². The minimum absolute atomic E-state index is 0.0862. The molecule has 0 aromatic heterocycles. The molecule has 0 heterocycles. The highest BCUT2D eigenvalue weighted by atomic mass is 127. The van der Waals surface area contributed by atoms with Crippen LogP contribution in [-0.4, -0.2) is 9.97 Å². The molecule has 3 nitrogen and oxygen atoms in total. The molecule has 0 aliphatic heterocycles. The number of rotatable bonds is 2. The fourth-order valence-electron chi connectivity index (χ4n) is 2.38. The highest BCUT2D eigenvalue weighted by molar-refractivity contribution is 14.1. The molecule has 1 aliphatic rings. The molecule has 1 rings (SSSR count). The van der Waals surface area contributed by atoms with E-state index in [4.69, 9.17) is 5.53 Å². The summed E-state index contributed by atoms with van der Waals surface area (Å²) in [6.07, 6.45) is 4.51. The molecule has 1 aliphatic carbocycles. The third kappa shape index (κ3) is 3.25. The van der Waals surface area contributed by atoms with Gasteiger partial charge in [-0.2, -0.15) is 0 Å². The molecule has 15 heavy (non-hydrogen) atoms. The lowest BCUT2D eigenvalue weighted by Gasteiger charge is -2.41. The molecule has 0 bridgehead atoms. The topological polar surface area (TPSA) is 48.8 Å². The van der Waals surface area contributed by atoms with Crippen molar-refractivity contribution in [1.29, 1.82) is 0 Å². The minimum Gasteiger partial charge on any atom is -0.0865 e. The standard InChI is InChI=1S/C11H20IN3/c1-10(2,3)9-4-6-11(8-12,7-5-9)14-15-13/h9H,4-8H2,1-3H3. The normalized spacial score (nSPS) is 32.1. The molecule has 1 fully saturated rings. The smallest absolute Gasteiger partial charge is 0.0577 e. The summed E-state index contributed by atoms with van der Waals surface area (Å²) in [6, 6.07) is 0. The predicted octanol–water partition coefficient (Wildman–Crippen LogP) is 4.71. The van der Waals surface area contributed by atoms with E-state index in [2.05, 4.69) is 53.4 Å². The van der Waals surface area contributed by atoms with Crippen molar-refractivity contribution in [3.05, 3.63) is 10.4 Å². The molecule has 0 atom stereocenters. The fourth-order valence-corrected chi connectivity index (χ4v) is 3.29. The molecule has 0 unspecified atom stereocenters. The summed E-state index contributed by atoms with van der Waals surface area (Å²) >= 11 is 2.35. The van der Waals surface area contributed by atoms with Gasteiger partial charge in [-0.15, -0.1) is 0 Å². The summed E-state index contributed by atoms with van der Waals surface area (Å²) in [7, 11) is 0. The lowest BCUT2D eigenvalue weighted by Crippen LogP contribution is -2.37. The highest BCUT2D eigenvalue weighted by Gasteiger charge is 2.37. The van der Waals surface area contributed by atoms with E-state index in [-0.39, 0.29) is 5.54 Å². The van der Waals surface area contributed by atoms with Gasteiger partial charge in [-0.25, -0.2) is 0 Å². The van der Waals surface area contributed by atoms with E-state index < -0.39 is 0 Å². The third-order valence-corrected chi connectivity index (χ3v) is 5.07. The van der Waals surface area contributed by atoms with E-state index in [1.165, 1.54) is 12.8 Å². The number of hydrogen-bond donors (Lipinski definition) is 0. The molecule has 0 aromatic rings. The number of nitrogens with zero attached hydrogens (tertiary/aromatic N) is 3. The van der Waals surface area contributed by atoms with E-state index in [9.17, 15) is 0 Å². The second-order valence-electron chi connectivity index (χ2n) is 5.69. The molecule has 4 heteroatoms. The van der Waals surface area contributed by atoms with Gasteiger partial charge in [0.15, 0.2) is 0 Å². The molecular weight excluding hydrogens is 301 g/mol. The van der Waals surface area contributed by atoms with Crippen molar-refractivity contribution in [3.8, 4) is 0 Å². The van der Waals surface area contributed by atoms with Gasteiger partial charge in [0, 0.05) is 9.34 Å². The number of azide groups is 1. The molecule has 86 valence electrons. The van der Waals surface area contributed by atoms with Gasteiger partial charge in [-0.1, -0.05) is 48.5 Å². The Hall–Kier alpha value is 0.0400. The Bertz CT molecular complexity index is 255. The van der Waals surface area contributed by atoms with Crippen molar-refractivity contribution in [3.63, 3.8) is 0 Å². The van der Waals surface area contributed by atoms with Crippen LogP contribution >= 0.6 is 22.6 Å². The van der Waals surface area contributed by atoms with Crippen LogP contribution < -0.4 is 0 Å². The van der Waals surface area contributed by atoms with Crippen LogP contribution in [0.5, 0.6) is 0 Å². The lowest BCUT2D eigenvalue weighted by atomic mass is 9.68. The summed E-state index contributed by atoms with van der Waals surface area (Å²) in [4.78, 5) is 3.01. The fraction of sp³-hybridized carbons (Fsp3) is 1.00. The maximum absolute atomic E-state index is 8.60. The zero-order valence-electron chi connectivity index (χ0n) is 9.83. The van der Waals surface area contributed by atoms with Gasteiger partial charge in [-0.3, -0.25) is 0 Å². The van der Waals surface area contributed by atoms with E-state index in [0.717, 1.165) is 23.2 Å². The quantitative estimate of drug-likeness (QED) is 0.233. The molecule has 1 saturated carbocycles. The van der Waals surface area contributed by atoms with Crippen LogP contribution in [0.1, 0.15) is 46.5 Å². The summed E-state index contributed by atoms with van der Waals surface area (Å²) in [6.45, 7) is 6.92. The van der Waals surface area contributed by atoms with Crippen molar-refractivity contribution < 1.29 is 0 Å². The number of hydrogen-bond acceptors (Lipinski definition) is 1. The number of alkyl halides is 1. The Labute approximate surface area is 106 Å². The summed E-state index contributed by atoms with van der Waals surface area (Å²) < 4.78 is 0.950. The SMILES string of the molecule is CC(C)(C)C1CCC(CI)(N=[N+]=[N-])CC1. The Morgan fingerprint density at radius 1 is 1.40 bits per heavy atom. The minimum atomic E-state index is -0.0862. The van der Waals surface area contributed by atoms with Crippen molar-refractivity contribution in [1.82, 2.24) is 0 Å². The van der Waals surface area contributed by atoms with Gasteiger partial charge in [0.1, 0.15) is 0 Å². The molecule has 0 aromatic carbocycles. The Kier molecular flexibility index (Phi) is 4.29. The Balaban J connectivity index is 2.65. The highest BCUT2D eigenvalue weighted by Crippen LogP contribution is 2.43. The first-order chi connectivity index (χ1) is 6.93. The third-order valence-electron chi connectivity index (χ3n) is 3.65. The van der Waals surface area contributed by atoms with Gasteiger partial charge >= 0.3 is 0 Å². The molecule has 0 spiro atoms. The van der Waals surface area contributed by atoms with Crippen LogP contribution in [0.25, 0.3) is 10.4 Å². The maximum Gasteiger partial charge on any atom is 0.0577 e. The first-order valence-corrected chi connectivity index (χ1v) is 7.08. The van der Waals surface area contributed by atoms with Crippen LogP contribution in [0, 0.1) is 11.3 Å². The Morgan fingerprint density at radius 2 is 1.93 bits per heavy atom. The van der Waals surface area contributed by atoms with E-state index in [1.54, 1.807) is 0 Å². The second kappa shape index (κ2) is 4.91. The van der Waals surface area contributed by atoms with Gasteiger partial charge in [0.2, 0.25) is 0 Å². The van der Waals surface area contributed by atoms with Gasteiger partial charge in [0.05, 0.1) is 5.54 Å². The molecule has 0 radical (unpaired) electrons. The Morgan fingerprint density at radius 3 is 2.27 bits per heavy atom. The summed E-state index contributed by atoms with van der Waals surface area (Å²) in [5.41, 5.74) is 8.91. The second-order valence-corrected chi connectivity index (χ2v) is 6.45. The zero-order chi connectivity index (χ0) is 11.5. The van der Waals surface area contributed by atoms with Crippen LogP contribution in [0.15, 0.2) is 5.11 Å². The predicted molar refractivity (Wildman–Crippen MR) is 72.2 cm³/mol. The first-order valence-electron chi connectivity index (χ1n) is 5.56. The molecular formula is C11H20IN3. The number of halogens is 1. The van der Waals surface area contributed by atoms with E-state index in [1.807, 2.05) is 0 Å². The van der Waals surface area contributed by atoms with Crippen LogP contribution in [0.2, 0.25) is 0 Å². The van der Waals surface area contributed by atoms with Crippen LogP contribution in [0.3, 0.4) is 0 Å². The average molecular weight is 321 g/mol. The summed E-state index contributed by atoms with van der Waals surface area (Å²) in [5, 5.41) is 4.02. The zero-order valence-corrected chi connectivity index (χ0v) is 12.0. The molecule has 0 saturated heterocycles. The molecule has 0 N–H and O–H groups in total. The van der Waals surface area contributed by atoms with Crippen molar-refractivity contribution in [2.24, 2.45) is 16.4 Å². The molecule has 0 amide bonds. The van der Waals surface area contributed by atoms with E-state index in [0.29, 0.717) is 5.41 Å². The summed E-state index contributed by atoms with van der Waals surface area (Å²) in [5.74, 6) is 0.780. The van der Waals surface area contributed by atoms with Gasteiger partial charge < -0.3 is 0 Å².